The van der Waals surface area contributed by atoms with Crippen LogP contribution in [0.1, 0.15) is 27.6 Å². The van der Waals surface area contributed by atoms with Crippen LogP contribution in [-0.4, -0.2) is 22.8 Å². The molecule has 1 aromatic heterocycles. The molecular weight excluding hydrogens is 398 g/mol. The summed E-state index contributed by atoms with van der Waals surface area (Å²) in [5.41, 5.74) is 3.04. The molecule has 0 spiro atoms. The van der Waals surface area contributed by atoms with Crippen LogP contribution in [0.2, 0.25) is 5.02 Å². The number of benzene rings is 3. The van der Waals surface area contributed by atoms with E-state index in [2.05, 4.69) is 4.98 Å². The van der Waals surface area contributed by atoms with Gasteiger partial charge in [0.1, 0.15) is 0 Å². The third-order valence-corrected chi connectivity index (χ3v) is 5.04. The molecule has 5 heteroatoms. The van der Waals surface area contributed by atoms with Gasteiger partial charge < -0.3 is 4.74 Å². The lowest BCUT2D eigenvalue weighted by Gasteiger charge is -2.14. The van der Waals surface area contributed by atoms with Gasteiger partial charge in [-0.1, -0.05) is 60.1 Å². The van der Waals surface area contributed by atoms with E-state index in [-0.39, 0.29) is 5.78 Å². The number of ketones is 1. The Balaban J connectivity index is 1.67. The molecule has 0 bridgehead atoms. The van der Waals surface area contributed by atoms with Gasteiger partial charge in [0.05, 0.1) is 16.8 Å². The molecule has 4 nitrogen and oxygen atoms in total. The topological polar surface area (TPSA) is 56.3 Å². The van der Waals surface area contributed by atoms with E-state index < -0.39 is 12.1 Å². The number of nitrogens with zero attached hydrogens (tertiary/aromatic N) is 1. The average Bonchev–Trinajstić information content (AvgIpc) is 2.78. The molecule has 0 unspecified atom stereocenters. The first-order valence-corrected chi connectivity index (χ1v) is 9.87. The third-order valence-electron chi connectivity index (χ3n) is 4.79. The van der Waals surface area contributed by atoms with Crippen LogP contribution in [0.15, 0.2) is 84.9 Å². The normalized spacial score (nSPS) is 11.8. The van der Waals surface area contributed by atoms with Crippen molar-refractivity contribution in [1.29, 1.82) is 0 Å². The van der Waals surface area contributed by atoms with Crippen molar-refractivity contribution >= 4 is 34.3 Å². The van der Waals surface area contributed by atoms with Crippen LogP contribution in [0.25, 0.3) is 22.2 Å². The van der Waals surface area contributed by atoms with E-state index in [0.29, 0.717) is 32.7 Å². The maximum Gasteiger partial charge on any atom is 0.339 e. The highest BCUT2D eigenvalue weighted by Crippen LogP contribution is 2.26. The molecule has 0 aliphatic rings. The smallest absolute Gasteiger partial charge is 0.339 e. The van der Waals surface area contributed by atoms with Gasteiger partial charge in [-0.2, -0.15) is 0 Å². The van der Waals surface area contributed by atoms with Crippen molar-refractivity contribution in [2.45, 2.75) is 13.0 Å². The summed E-state index contributed by atoms with van der Waals surface area (Å²) in [6, 6.07) is 25.2. The molecule has 0 saturated heterocycles. The first-order chi connectivity index (χ1) is 14.5. The van der Waals surface area contributed by atoms with Gasteiger partial charge >= 0.3 is 5.97 Å². The highest BCUT2D eigenvalue weighted by atomic mass is 35.5. The van der Waals surface area contributed by atoms with E-state index in [1.165, 1.54) is 0 Å². The number of carbonyl (C=O) groups is 2. The Morgan fingerprint density at radius 2 is 1.57 bits per heavy atom. The Bertz CT molecular complexity index is 1220. The summed E-state index contributed by atoms with van der Waals surface area (Å²) in [7, 11) is 0. The number of hydrogen-bond donors (Lipinski definition) is 0. The fraction of sp³-hybridized carbons (Fsp3) is 0.0800. The third kappa shape index (κ3) is 4.09. The Morgan fingerprint density at radius 1 is 0.900 bits per heavy atom. The minimum absolute atomic E-state index is 0.290. The number of carbonyl (C=O) groups excluding carboxylic acids is 2. The van der Waals surface area contributed by atoms with E-state index in [1.54, 1.807) is 37.3 Å². The number of fused-ring (bicyclic) bond motifs is 1. The molecule has 3 aromatic carbocycles. The average molecular weight is 416 g/mol. The molecule has 0 aliphatic carbocycles. The summed E-state index contributed by atoms with van der Waals surface area (Å²) >= 11 is 5.88. The van der Waals surface area contributed by atoms with Crippen molar-refractivity contribution in [3.63, 3.8) is 0 Å². The summed E-state index contributed by atoms with van der Waals surface area (Å²) in [4.78, 5) is 30.3. The molecule has 1 heterocycles. The van der Waals surface area contributed by atoms with Crippen molar-refractivity contribution in [3.8, 4) is 11.3 Å². The number of esters is 1. The number of pyridine rings is 1. The van der Waals surface area contributed by atoms with Crippen LogP contribution >= 0.6 is 11.6 Å². The highest BCUT2D eigenvalue weighted by molar-refractivity contribution is 6.30. The zero-order valence-corrected chi connectivity index (χ0v) is 17.0. The Hall–Kier alpha value is -3.50. The van der Waals surface area contributed by atoms with E-state index in [4.69, 9.17) is 16.3 Å². The van der Waals surface area contributed by atoms with Crippen LogP contribution in [0.5, 0.6) is 0 Å². The van der Waals surface area contributed by atoms with Gasteiger partial charge in [0.15, 0.2) is 6.10 Å². The maximum atomic E-state index is 13.0. The van der Waals surface area contributed by atoms with Gasteiger partial charge in [0, 0.05) is 21.5 Å². The number of para-hydroxylation sites is 1. The fourth-order valence-electron chi connectivity index (χ4n) is 3.23. The number of ether oxygens (including phenoxy) is 1. The molecule has 0 saturated carbocycles. The first-order valence-electron chi connectivity index (χ1n) is 9.49. The molecule has 0 aliphatic heterocycles. The second-order valence-electron chi connectivity index (χ2n) is 6.86. The van der Waals surface area contributed by atoms with Crippen molar-refractivity contribution in [3.05, 3.63) is 101 Å². The molecule has 0 amide bonds. The standard InChI is InChI=1S/C25H18ClNO3/c1-16(24(28)18-11-13-19(26)14-12-18)30-25(29)21-15-23(17-7-3-2-4-8-17)27-22-10-6-5-9-20(21)22/h2-16H,1H3/t16-/m1/s1. The van der Waals surface area contributed by atoms with Gasteiger partial charge in [0.2, 0.25) is 5.78 Å². The molecule has 0 N–H and O–H groups in total. The lowest BCUT2D eigenvalue weighted by atomic mass is 10.0. The van der Waals surface area contributed by atoms with Crippen LogP contribution in [0.3, 0.4) is 0 Å². The predicted octanol–water partition coefficient (Wildman–Crippen LogP) is 5.98. The number of halogens is 1. The lowest BCUT2D eigenvalue weighted by Crippen LogP contribution is -2.24. The van der Waals surface area contributed by atoms with E-state index in [9.17, 15) is 9.59 Å². The molecule has 0 fully saturated rings. The zero-order valence-electron chi connectivity index (χ0n) is 16.2. The maximum absolute atomic E-state index is 13.0. The summed E-state index contributed by atoms with van der Waals surface area (Å²) in [6.07, 6.45) is -0.939. The summed E-state index contributed by atoms with van der Waals surface area (Å²) < 4.78 is 5.53. The van der Waals surface area contributed by atoms with E-state index in [1.807, 2.05) is 54.6 Å². The first kappa shape index (κ1) is 19.8. The van der Waals surface area contributed by atoms with Crippen LogP contribution < -0.4 is 0 Å². The second kappa shape index (κ2) is 8.47. The van der Waals surface area contributed by atoms with Crippen molar-refractivity contribution in [2.24, 2.45) is 0 Å². The largest absolute Gasteiger partial charge is 0.451 e. The second-order valence-corrected chi connectivity index (χ2v) is 7.29. The lowest BCUT2D eigenvalue weighted by molar-refractivity contribution is 0.0320. The molecular formula is C25H18ClNO3. The van der Waals surface area contributed by atoms with Crippen LogP contribution in [0.4, 0.5) is 0 Å². The molecule has 148 valence electrons. The Kier molecular flexibility index (Phi) is 5.59. The Labute approximate surface area is 179 Å². The highest BCUT2D eigenvalue weighted by Gasteiger charge is 2.22. The number of hydrogen-bond acceptors (Lipinski definition) is 4. The van der Waals surface area contributed by atoms with Crippen molar-refractivity contribution < 1.29 is 14.3 Å². The summed E-state index contributed by atoms with van der Waals surface area (Å²) in [5, 5.41) is 1.21. The minimum atomic E-state index is -0.939. The molecule has 30 heavy (non-hydrogen) atoms. The van der Waals surface area contributed by atoms with Gasteiger partial charge in [0.25, 0.3) is 0 Å². The van der Waals surface area contributed by atoms with E-state index in [0.717, 1.165) is 5.56 Å². The Morgan fingerprint density at radius 3 is 2.30 bits per heavy atom. The number of aromatic nitrogens is 1. The van der Waals surface area contributed by atoms with Gasteiger partial charge in [-0.25, -0.2) is 9.78 Å². The number of rotatable bonds is 5. The minimum Gasteiger partial charge on any atom is -0.451 e. The van der Waals surface area contributed by atoms with Gasteiger partial charge in [-0.15, -0.1) is 0 Å². The quantitative estimate of drug-likeness (QED) is 0.297. The molecule has 1 atom stereocenters. The zero-order chi connectivity index (χ0) is 21.1. The molecule has 4 aromatic rings. The molecule has 4 rings (SSSR count). The van der Waals surface area contributed by atoms with Crippen molar-refractivity contribution in [2.75, 3.05) is 0 Å². The molecule has 0 radical (unpaired) electrons. The van der Waals surface area contributed by atoms with Gasteiger partial charge in [-0.3, -0.25) is 4.79 Å². The monoisotopic (exact) mass is 415 g/mol. The predicted molar refractivity (Wildman–Crippen MR) is 118 cm³/mol. The summed E-state index contributed by atoms with van der Waals surface area (Å²) in [5.74, 6) is -0.859. The van der Waals surface area contributed by atoms with Crippen molar-refractivity contribution in [1.82, 2.24) is 4.98 Å². The van der Waals surface area contributed by atoms with E-state index >= 15 is 0 Å². The van der Waals surface area contributed by atoms with Gasteiger partial charge in [-0.05, 0) is 43.3 Å². The summed E-state index contributed by atoms with van der Waals surface area (Å²) in [6.45, 7) is 1.57. The van der Waals surface area contributed by atoms with Crippen LogP contribution in [0, 0.1) is 0 Å². The number of Topliss-reactive ketones (excluding diaryl/α,β-unsaturated/α-hetero) is 1. The van der Waals surface area contributed by atoms with Crippen LogP contribution in [-0.2, 0) is 4.74 Å². The fourth-order valence-corrected chi connectivity index (χ4v) is 3.35. The SMILES string of the molecule is C[C@@H](OC(=O)c1cc(-c2ccccc2)nc2ccccc12)C(=O)c1ccc(Cl)cc1.